The van der Waals surface area contributed by atoms with E-state index in [0.29, 0.717) is 11.6 Å². The zero-order valence-corrected chi connectivity index (χ0v) is 12.0. The average Bonchev–Trinajstić information content (AvgIpc) is 2.83. The van der Waals surface area contributed by atoms with Crippen LogP contribution in [0.2, 0.25) is 0 Å². The van der Waals surface area contributed by atoms with Crippen molar-refractivity contribution in [1.29, 1.82) is 0 Å². The molecule has 0 saturated heterocycles. The molecule has 5 heteroatoms. The standard InChI is InChI=1S/C15H17N3OS/c16-15-18-13(9-20-15)8-14(19)17-12-6-5-10-3-1-2-4-11(10)7-12/h1-4,9,12H,5-8H2,(H2,16,18)(H,17,19). The first-order chi connectivity index (χ1) is 9.70. The first-order valence-electron chi connectivity index (χ1n) is 6.77. The Morgan fingerprint density at radius 1 is 1.40 bits per heavy atom. The topological polar surface area (TPSA) is 68.0 Å². The van der Waals surface area contributed by atoms with E-state index >= 15 is 0 Å². The molecule has 104 valence electrons. The molecule has 3 N–H and O–H groups in total. The molecule has 1 heterocycles. The minimum absolute atomic E-state index is 0.0275. The van der Waals surface area contributed by atoms with Gasteiger partial charge in [-0.2, -0.15) is 0 Å². The van der Waals surface area contributed by atoms with Crippen LogP contribution in [-0.2, 0) is 24.1 Å². The predicted octanol–water partition coefficient (Wildman–Crippen LogP) is 1.94. The van der Waals surface area contributed by atoms with Crippen LogP contribution in [0.4, 0.5) is 5.13 Å². The molecular formula is C15H17N3OS. The lowest BCUT2D eigenvalue weighted by atomic mass is 9.88. The zero-order valence-electron chi connectivity index (χ0n) is 11.1. The molecule has 3 rings (SSSR count). The Morgan fingerprint density at radius 3 is 2.95 bits per heavy atom. The number of nitrogens with two attached hydrogens (primary N) is 1. The number of benzene rings is 1. The Balaban J connectivity index is 1.58. The van der Waals surface area contributed by atoms with E-state index in [1.54, 1.807) is 0 Å². The number of nitrogens with zero attached hydrogens (tertiary/aromatic N) is 1. The van der Waals surface area contributed by atoms with E-state index in [2.05, 4.69) is 34.6 Å². The largest absolute Gasteiger partial charge is 0.375 e. The molecule has 1 aliphatic rings. The second-order valence-corrected chi connectivity index (χ2v) is 6.02. The number of aryl methyl sites for hydroxylation is 1. The lowest BCUT2D eigenvalue weighted by Gasteiger charge is -2.25. The summed E-state index contributed by atoms with van der Waals surface area (Å²) in [5.41, 5.74) is 9.08. The minimum Gasteiger partial charge on any atom is -0.375 e. The third-order valence-electron chi connectivity index (χ3n) is 3.62. The number of fused-ring (bicyclic) bond motifs is 1. The Bertz CT molecular complexity index is 623. The molecule has 1 aliphatic carbocycles. The number of carbonyl (C=O) groups excluding carboxylic acids is 1. The summed E-state index contributed by atoms with van der Waals surface area (Å²) in [6.45, 7) is 0. The SMILES string of the molecule is Nc1nc(CC(=O)NC2CCc3ccccc3C2)cs1. The number of hydrogen-bond donors (Lipinski definition) is 2. The Labute approximate surface area is 122 Å². The maximum absolute atomic E-state index is 12.0. The molecular weight excluding hydrogens is 270 g/mol. The zero-order chi connectivity index (χ0) is 13.9. The van der Waals surface area contributed by atoms with Crippen molar-refractivity contribution >= 4 is 22.4 Å². The van der Waals surface area contributed by atoms with E-state index in [1.165, 1.54) is 22.5 Å². The van der Waals surface area contributed by atoms with Gasteiger partial charge in [0.25, 0.3) is 0 Å². The Morgan fingerprint density at radius 2 is 2.20 bits per heavy atom. The molecule has 1 atom stereocenters. The van der Waals surface area contributed by atoms with Crippen molar-refractivity contribution < 1.29 is 4.79 Å². The van der Waals surface area contributed by atoms with Crippen molar-refractivity contribution in [2.45, 2.75) is 31.7 Å². The van der Waals surface area contributed by atoms with Crippen LogP contribution < -0.4 is 11.1 Å². The number of nitrogens with one attached hydrogen (secondary N) is 1. The highest BCUT2D eigenvalue weighted by atomic mass is 32.1. The first-order valence-corrected chi connectivity index (χ1v) is 7.64. The number of hydrogen-bond acceptors (Lipinski definition) is 4. The lowest BCUT2D eigenvalue weighted by molar-refractivity contribution is -0.121. The number of aromatic nitrogens is 1. The van der Waals surface area contributed by atoms with Gasteiger partial charge in [0.2, 0.25) is 5.91 Å². The summed E-state index contributed by atoms with van der Waals surface area (Å²) in [6, 6.07) is 8.68. The smallest absolute Gasteiger partial charge is 0.226 e. The highest BCUT2D eigenvalue weighted by molar-refractivity contribution is 7.13. The molecule has 0 radical (unpaired) electrons. The molecule has 2 aromatic rings. The van der Waals surface area contributed by atoms with Crippen LogP contribution in [0.15, 0.2) is 29.6 Å². The summed E-state index contributed by atoms with van der Waals surface area (Å²) >= 11 is 1.37. The average molecular weight is 287 g/mol. The number of amides is 1. The van der Waals surface area contributed by atoms with Crippen molar-refractivity contribution in [2.24, 2.45) is 0 Å². The van der Waals surface area contributed by atoms with Crippen LogP contribution in [0.1, 0.15) is 23.2 Å². The third kappa shape index (κ3) is 2.99. The van der Waals surface area contributed by atoms with Gasteiger partial charge in [-0.1, -0.05) is 24.3 Å². The van der Waals surface area contributed by atoms with Crippen LogP contribution in [0.25, 0.3) is 0 Å². The van der Waals surface area contributed by atoms with Crippen molar-refractivity contribution in [3.8, 4) is 0 Å². The summed E-state index contributed by atoms with van der Waals surface area (Å²) < 4.78 is 0. The fraction of sp³-hybridized carbons (Fsp3) is 0.333. The van der Waals surface area contributed by atoms with Crippen molar-refractivity contribution in [3.63, 3.8) is 0 Å². The summed E-state index contributed by atoms with van der Waals surface area (Å²) in [5.74, 6) is 0.0275. The van der Waals surface area contributed by atoms with Crippen molar-refractivity contribution in [2.75, 3.05) is 5.73 Å². The maximum atomic E-state index is 12.0. The number of thiazole rings is 1. The number of anilines is 1. The van der Waals surface area contributed by atoms with Crippen LogP contribution in [-0.4, -0.2) is 16.9 Å². The van der Waals surface area contributed by atoms with Crippen LogP contribution in [0, 0.1) is 0 Å². The molecule has 0 aliphatic heterocycles. The fourth-order valence-corrected chi connectivity index (χ4v) is 3.23. The fourth-order valence-electron chi connectivity index (χ4n) is 2.67. The summed E-state index contributed by atoms with van der Waals surface area (Å²) in [6.07, 6.45) is 3.26. The van der Waals surface area contributed by atoms with Gasteiger partial charge < -0.3 is 11.1 Å². The van der Waals surface area contributed by atoms with Crippen molar-refractivity contribution in [3.05, 3.63) is 46.5 Å². The van der Waals surface area contributed by atoms with E-state index < -0.39 is 0 Å². The highest BCUT2D eigenvalue weighted by Crippen LogP contribution is 2.21. The van der Waals surface area contributed by atoms with E-state index in [1.807, 2.05) is 5.38 Å². The number of nitrogen functional groups attached to an aromatic ring is 1. The van der Waals surface area contributed by atoms with E-state index in [4.69, 9.17) is 5.73 Å². The second kappa shape index (κ2) is 5.63. The van der Waals surface area contributed by atoms with Crippen LogP contribution in [0.3, 0.4) is 0 Å². The lowest BCUT2D eigenvalue weighted by Crippen LogP contribution is -2.39. The number of rotatable bonds is 3. The van der Waals surface area contributed by atoms with Gasteiger partial charge in [-0.25, -0.2) is 4.98 Å². The van der Waals surface area contributed by atoms with Crippen LogP contribution in [0.5, 0.6) is 0 Å². The predicted molar refractivity (Wildman–Crippen MR) is 80.6 cm³/mol. The Kier molecular flexibility index (Phi) is 3.69. The molecule has 0 bridgehead atoms. The van der Waals surface area contributed by atoms with Crippen molar-refractivity contribution in [1.82, 2.24) is 10.3 Å². The molecule has 20 heavy (non-hydrogen) atoms. The van der Waals surface area contributed by atoms with E-state index in [9.17, 15) is 4.79 Å². The van der Waals surface area contributed by atoms with Gasteiger partial charge in [-0.3, -0.25) is 4.79 Å². The van der Waals surface area contributed by atoms with Crippen LogP contribution >= 0.6 is 11.3 Å². The molecule has 1 aromatic heterocycles. The quantitative estimate of drug-likeness (QED) is 0.906. The third-order valence-corrected chi connectivity index (χ3v) is 4.35. The summed E-state index contributed by atoms with van der Waals surface area (Å²) in [7, 11) is 0. The van der Waals surface area contributed by atoms with Gasteiger partial charge in [0, 0.05) is 11.4 Å². The van der Waals surface area contributed by atoms with Gasteiger partial charge in [0.1, 0.15) is 0 Å². The normalized spacial score (nSPS) is 17.5. The van der Waals surface area contributed by atoms with Gasteiger partial charge in [0.15, 0.2) is 5.13 Å². The maximum Gasteiger partial charge on any atom is 0.226 e. The first kappa shape index (κ1) is 13.1. The second-order valence-electron chi connectivity index (χ2n) is 5.13. The van der Waals surface area contributed by atoms with Gasteiger partial charge in [-0.05, 0) is 30.4 Å². The number of carbonyl (C=O) groups is 1. The van der Waals surface area contributed by atoms with E-state index in [-0.39, 0.29) is 11.9 Å². The molecule has 1 aromatic carbocycles. The molecule has 0 saturated carbocycles. The minimum atomic E-state index is 0.0275. The summed E-state index contributed by atoms with van der Waals surface area (Å²) in [5, 5.41) is 5.45. The summed E-state index contributed by atoms with van der Waals surface area (Å²) in [4.78, 5) is 16.1. The van der Waals surface area contributed by atoms with E-state index in [0.717, 1.165) is 25.0 Å². The van der Waals surface area contributed by atoms with Gasteiger partial charge in [-0.15, -0.1) is 11.3 Å². The van der Waals surface area contributed by atoms with Gasteiger partial charge in [0.05, 0.1) is 12.1 Å². The Hall–Kier alpha value is -1.88. The monoisotopic (exact) mass is 287 g/mol. The molecule has 4 nitrogen and oxygen atoms in total. The molecule has 1 unspecified atom stereocenters. The molecule has 0 fully saturated rings. The molecule has 1 amide bonds. The molecule has 0 spiro atoms. The van der Waals surface area contributed by atoms with Gasteiger partial charge >= 0.3 is 0 Å². The highest BCUT2D eigenvalue weighted by Gasteiger charge is 2.20.